The fourth-order valence-electron chi connectivity index (χ4n) is 1.85. The van der Waals surface area contributed by atoms with Gasteiger partial charge in [0.2, 0.25) is 0 Å². The van der Waals surface area contributed by atoms with Crippen LogP contribution in [0.3, 0.4) is 0 Å². The quantitative estimate of drug-likeness (QED) is 0.783. The van der Waals surface area contributed by atoms with Crippen LogP contribution in [0.1, 0.15) is 18.6 Å². The minimum absolute atomic E-state index is 0.473. The Kier molecular flexibility index (Phi) is 3.78. The van der Waals surface area contributed by atoms with Gasteiger partial charge >= 0.3 is 0 Å². The van der Waals surface area contributed by atoms with Crippen molar-refractivity contribution < 1.29 is 5.11 Å². The first-order valence-corrected chi connectivity index (χ1v) is 7.71. The molecule has 2 heterocycles. The van der Waals surface area contributed by atoms with E-state index in [0.717, 1.165) is 25.7 Å². The summed E-state index contributed by atoms with van der Waals surface area (Å²) >= 11 is 5.07. The molecule has 3 rings (SSSR count). The number of nitrogens with zero attached hydrogens (tertiary/aromatic N) is 3. The molecule has 0 saturated heterocycles. The van der Waals surface area contributed by atoms with E-state index in [-0.39, 0.29) is 0 Å². The topological polar surface area (TPSA) is 50.4 Å². The van der Waals surface area contributed by atoms with Gasteiger partial charge in [0.1, 0.15) is 0 Å². The van der Waals surface area contributed by atoms with Crippen molar-refractivity contribution in [2.45, 2.75) is 23.1 Å². The van der Waals surface area contributed by atoms with E-state index in [1.165, 1.54) is 11.8 Å². The molecule has 102 valence electrons. The number of fused-ring (bicyclic) bond motifs is 1. The molecule has 0 aliphatic heterocycles. The Bertz CT molecular complexity index is 757. The fraction of sp³-hybridized carbons (Fsp3) is 0.143. The summed E-state index contributed by atoms with van der Waals surface area (Å²) in [7, 11) is 0. The van der Waals surface area contributed by atoms with Gasteiger partial charge in [-0.2, -0.15) is 0 Å². The standard InChI is InChI=1S/C14H12BrN3OS/c1-9(19)10-5-6-12(11(15)8-10)20-14-17-16-13-4-2-3-7-18(13)14/h2-9,19H,1H3. The maximum absolute atomic E-state index is 9.58. The molecular formula is C14H12BrN3OS. The molecule has 0 amide bonds. The monoisotopic (exact) mass is 349 g/mol. The van der Waals surface area contributed by atoms with Gasteiger partial charge in [0.05, 0.1) is 6.10 Å². The minimum Gasteiger partial charge on any atom is -0.389 e. The van der Waals surface area contributed by atoms with Crippen LogP contribution >= 0.6 is 27.7 Å². The number of rotatable bonds is 3. The predicted molar refractivity (Wildman–Crippen MR) is 81.9 cm³/mol. The molecule has 0 radical (unpaired) electrons. The van der Waals surface area contributed by atoms with Crippen LogP contribution in [0.5, 0.6) is 0 Å². The molecule has 20 heavy (non-hydrogen) atoms. The highest BCUT2D eigenvalue weighted by molar-refractivity contribution is 9.10. The number of pyridine rings is 1. The summed E-state index contributed by atoms with van der Waals surface area (Å²) in [4.78, 5) is 1.03. The molecule has 0 aliphatic carbocycles. The molecule has 0 aliphatic rings. The highest BCUT2D eigenvalue weighted by Crippen LogP contribution is 2.34. The SMILES string of the molecule is CC(O)c1ccc(Sc2nnc3ccccn23)c(Br)c1. The zero-order valence-corrected chi connectivity index (χ0v) is 13.1. The Labute approximate surface area is 129 Å². The number of aliphatic hydroxyl groups is 1. The zero-order chi connectivity index (χ0) is 14.1. The van der Waals surface area contributed by atoms with Gasteiger partial charge in [-0.3, -0.25) is 4.40 Å². The molecule has 1 atom stereocenters. The second-order valence-electron chi connectivity index (χ2n) is 4.38. The Balaban J connectivity index is 1.95. The average molecular weight is 350 g/mol. The zero-order valence-electron chi connectivity index (χ0n) is 10.7. The Morgan fingerprint density at radius 3 is 2.85 bits per heavy atom. The molecule has 1 aromatic carbocycles. The third kappa shape index (κ3) is 2.59. The summed E-state index contributed by atoms with van der Waals surface area (Å²) in [6.07, 6.45) is 1.47. The van der Waals surface area contributed by atoms with Crippen molar-refractivity contribution in [1.82, 2.24) is 14.6 Å². The van der Waals surface area contributed by atoms with Crippen LogP contribution in [0.15, 0.2) is 57.1 Å². The maximum Gasteiger partial charge on any atom is 0.200 e. The average Bonchev–Trinajstić information content (AvgIpc) is 2.84. The first kappa shape index (κ1) is 13.6. The number of hydrogen-bond acceptors (Lipinski definition) is 4. The lowest BCUT2D eigenvalue weighted by molar-refractivity contribution is 0.199. The largest absolute Gasteiger partial charge is 0.389 e. The third-order valence-electron chi connectivity index (χ3n) is 2.92. The van der Waals surface area contributed by atoms with Crippen LogP contribution in [0, 0.1) is 0 Å². The molecule has 0 bridgehead atoms. The highest BCUT2D eigenvalue weighted by atomic mass is 79.9. The molecule has 1 unspecified atom stereocenters. The number of hydrogen-bond donors (Lipinski definition) is 1. The van der Waals surface area contributed by atoms with Crippen LogP contribution < -0.4 is 0 Å². The number of halogens is 1. The van der Waals surface area contributed by atoms with E-state index in [1.807, 2.05) is 47.0 Å². The Morgan fingerprint density at radius 2 is 2.10 bits per heavy atom. The van der Waals surface area contributed by atoms with E-state index in [0.29, 0.717) is 0 Å². The summed E-state index contributed by atoms with van der Waals surface area (Å²) in [5, 5.41) is 18.7. The molecule has 2 aromatic heterocycles. The summed E-state index contributed by atoms with van der Waals surface area (Å²) in [6.45, 7) is 1.75. The first-order chi connectivity index (χ1) is 9.65. The second-order valence-corrected chi connectivity index (χ2v) is 6.24. The molecule has 4 nitrogen and oxygen atoms in total. The van der Waals surface area contributed by atoms with Gasteiger partial charge in [-0.15, -0.1) is 10.2 Å². The number of aliphatic hydroxyl groups excluding tert-OH is 1. The van der Waals surface area contributed by atoms with E-state index in [4.69, 9.17) is 0 Å². The van der Waals surface area contributed by atoms with Gasteiger partial charge in [0, 0.05) is 15.6 Å². The summed E-state index contributed by atoms with van der Waals surface area (Å²) in [6, 6.07) is 11.6. The molecule has 3 aromatic rings. The van der Waals surface area contributed by atoms with E-state index in [9.17, 15) is 5.11 Å². The molecule has 6 heteroatoms. The molecule has 0 fully saturated rings. The van der Waals surface area contributed by atoms with Gasteiger partial charge in [-0.1, -0.05) is 12.1 Å². The van der Waals surface area contributed by atoms with Crippen LogP contribution in [0.2, 0.25) is 0 Å². The third-order valence-corrected chi connectivity index (χ3v) is 4.88. The van der Waals surface area contributed by atoms with E-state index in [2.05, 4.69) is 26.1 Å². The van der Waals surface area contributed by atoms with Crippen molar-refractivity contribution in [2.24, 2.45) is 0 Å². The minimum atomic E-state index is -0.473. The van der Waals surface area contributed by atoms with Crippen molar-refractivity contribution in [3.8, 4) is 0 Å². The lowest BCUT2D eigenvalue weighted by atomic mass is 10.1. The van der Waals surface area contributed by atoms with Crippen LogP contribution in [0.4, 0.5) is 0 Å². The smallest absolute Gasteiger partial charge is 0.200 e. The second kappa shape index (κ2) is 5.55. The van der Waals surface area contributed by atoms with Crippen molar-refractivity contribution >= 4 is 33.3 Å². The van der Waals surface area contributed by atoms with Gasteiger partial charge in [-0.25, -0.2) is 0 Å². The van der Waals surface area contributed by atoms with Crippen LogP contribution in [0.25, 0.3) is 5.65 Å². The van der Waals surface area contributed by atoms with E-state index >= 15 is 0 Å². The lowest BCUT2D eigenvalue weighted by Crippen LogP contribution is -1.91. The molecule has 0 spiro atoms. The van der Waals surface area contributed by atoms with Gasteiger partial charge < -0.3 is 5.11 Å². The van der Waals surface area contributed by atoms with Crippen molar-refractivity contribution in [3.63, 3.8) is 0 Å². The molecular weight excluding hydrogens is 338 g/mol. The van der Waals surface area contributed by atoms with Gasteiger partial charge in [0.15, 0.2) is 10.8 Å². The Hall–Kier alpha value is -1.37. The first-order valence-electron chi connectivity index (χ1n) is 6.10. The van der Waals surface area contributed by atoms with Crippen molar-refractivity contribution in [2.75, 3.05) is 0 Å². The highest BCUT2D eigenvalue weighted by Gasteiger charge is 2.10. The van der Waals surface area contributed by atoms with E-state index < -0.39 is 6.10 Å². The van der Waals surface area contributed by atoms with Crippen molar-refractivity contribution in [3.05, 3.63) is 52.6 Å². The van der Waals surface area contributed by atoms with Crippen molar-refractivity contribution in [1.29, 1.82) is 0 Å². The number of benzene rings is 1. The van der Waals surface area contributed by atoms with Gasteiger partial charge in [0.25, 0.3) is 0 Å². The van der Waals surface area contributed by atoms with Crippen LogP contribution in [-0.2, 0) is 0 Å². The summed E-state index contributed by atoms with van der Waals surface area (Å²) in [5.74, 6) is 0. The fourth-order valence-corrected chi connectivity index (χ4v) is 3.31. The van der Waals surface area contributed by atoms with E-state index in [1.54, 1.807) is 6.92 Å². The normalized spacial score (nSPS) is 12.8. The summed E-state index contributed by atoms with van der Waals surface area (Å²) < 4.78 is 2.88. The Morgan fingerprint density at radius 1 is 1.25 bits per heavy atom. The maximum atomic E-state index is 9.58. The van der Waals surface area contributed by atoms with Crippen LogP contribution in [-0.4, -0.2) is 19.7 Å². The number of aromatic nitrogens is 3. The van der Waals surface area contributed by atoms with Gasteiger partial charge in [-0.05, 0) is 64.4 Å². The molecule has 0 saturated carbocycles. The lowest BCUT2D eigenvalue weighted by Gasteiger charge is -2.08. The summed E-state index contributed by atoms with van der Waals surface area (Å²) in [5.41, 5.74) is 1.71. The predicted octanol–water partition coefficient (Wildman–Crippen LogP) is 3.70. The molecule has 1 N–H and O–H groups in total.